The van der Waals surface area contributed by atoms with Crippen molar-refractivity contribution in [3.05, 3.63) is 59.9 Å². The summed E-state index contributed by atoms with van der Waals surface area (Å²) in [5.74, 6) is 0.254. The largest absolute Gasteiger partial charge is 0.463 e. The van der Waals surface area contributed by atoms with E-state index >= 15 is 0 Å². The first kappa shape index (κ1) is 12.2. The number of nitrogens with one attached hydrogen (secondary N) is 1. The van der Waals surface area contributed by atoms with Crippen LogP contribution < -0.4 is 5.43 Å². The molecule has 1 N–H and O–H groups in total. The van der Waals surface area contributed by atoms with Crippen molar-refractivity contribution >= 4 is 17.8 Å². The highest BCUT2D eigenvalue weighted by Gasteiger charge is 2.15. The summed E-state index contributed by atoms with van der Waals surface area (Å²) in [5, 5.41) is 3.86. The molecule has 0 aliphatic carbocycles. The third-order valence-electron chi connectivity index (χ3n) is 2.82. The number of fused-ring (bicyclic) bond motifs is 1. The summed E-state index contributed by atoms with van der Waals surface area (Å²) in [7, 11) is 0. The molecule has 20 heavy (non-hydrogen) atoms. The van der Waals surface area contributed by atoms with Crippen LogP contribution in [0.2, 0.25) is 0 Å². The number of aromatic nitrogens is 2. The van der Waals surface area contributed by atoms with Crippen LogP contribution in [0.1, 0.15) is 21.9 Å². The lowest BCUT2D eigenvalue weighted by molar-refractivity contribution is 0.0948. The van der Waals surface area contributed by atoms with Gasteiger partial charge >= 0.3 is 0 Å². The number of carbonyl (C=O) groups is 1. The van der Waals surface area contributed by atoms with Crippen molar-refractivity contribution in [2.45, 2.75) is 6.92 Å². The Balaban J connectivity index is 1.84. The Morgan fingerprint density at radius 2 is 2.30 bits per heavy atom. The van der Waals surface area contributed by atoms with Crippen molar-refractivity contribution < 1.29 is 9.21 Å². The molecule has 3 aromatic heterocycles. The van der Waals surface area contributed by atoms with Crippen LogP contribution in [0.5, 0.6) is 0 Å². The van der Waals surface area contributed by atoms with E-state index < -0.39 is 0 Å². The lowest BCUT2D eigenvalue weighted by Crippen LogP contribution is -2.20. The zero-order chi connectivity index (χ0) is 13.9. The number of furan rings is 1. The van der Waals surface area contributed by atoms with Crippen LogP contribution in [0, 0.1) is 6.92 Å². The molecule has 100 valence electrons. The van der Waals surface area contributed by atoms with Crippen LogP contribution in [0.15, 0.2) is 52.3 Å². The number of amides is 1. The normalized spacial score (nSPS) is 11.2. The van der Waals surface area contributed by atoms with Gasteiger partial charge in [0.05, 0.1) is 18.2 Å². The van der Waals surface area contributed by atoms with E-state index in [2.05, 4.69) is 15.5 Å². The zero-order valence-corrected chi connectivity index (χ0v) is 10.8. The topological polar surface area (TPSA) is 71.9 Å². The van der Waals surface area contributed by atoms with E-state index in [1.165, 1.54) is 12.5 Å². The summed E-state index contributed by atoms with van der Waals surface area (Å²) >= 11 is 0. The standard InChI is InChI=1S/C14H12N4O2/c1-10-13(18-7-3-2-6-12(18)16-10)14(19)17-15-9-11-5-4-8-20-11/h2-9H,1H3,(H,17,19)/b15-9-. The maximum atomic E-state index is 12.2. The fourth-order valence-corrected chi connectivity index (χ4v) is 1.96. The summed E-state index contributed by atoms with van der Waals surface area (Å²) < 4.78 is 6.81. The number of pyridine rings is 1. The number of hydrogen-bond acceptors (Lipinski definition) is 4. The quantitative estimate of drug-likeness (QED) is 0.583. The molecule has 1 amide bonds. The predicted molar refractivity (Wildman–Crippen MR) is 73.7 cm³/mol. The van der Waals surface area contributed by atoms with E-state index in [1.54, 1.807) is 29.7 Å². The Bertz CT molecular complexity index is 772. The third-order valence-corrected chi connectivity index (χ3v) is 2.82. The number of rotatable bonds is 3. The molecule has 0 atom stereocenters. The van der Waals surface area contributed by atoms with Gasteiger partial charge in [-0.2, -0.15) is 5.10 Å². The summed E-state index contributed by atoms with van der Waals surface area (Å²) in [6.45, 7) is 1.79. The Hall–Kier alpha value is -2.89. The highest BCUT2D eigenvalue weighted by atomic mass is 16.3. The maximum Gasteiger partial charge on any atom is 0.290 e. The van der Waals surface area contributed by atoms with E-state index in [-0.39, 0.29) is 5.91 Å². The van der Waals surface area contributed by atoms with Gasteiger partial charge in [0.1, 0.15) is 17.1 Å². The fraction of sp³-hybridized carbons (Fsp3) is 0.0714. The van der Waals surface area contributed by atoms with Crippen molar-refractivity contribution in [3.8, 4) is 0 Å². The van der Waals surface area contributed by atoms with Gasteiger partial charge in [0.25, 0.3) is 5.91 Å². The van der Waals surface area contributed by atoms with Crippen molar-refractivity contribution in [3.63, 3.8) is 0 Å². The van der Waals surface area contributed by atoms with Crippen molar-refractivity contribution in [2.24, 2.45) is 5.10 Å². The molecule has 3 heterocycles. The molecular weight excluding hydrogens is 256 g/mol. The van der Waals surface area contributed by atoms with E-state index in [1.807, 2.05) is 18.2 Å². The van der Waals surface area contributed by atoms with Gasteiger partial charge in [-0.1, -0.05) is 6.07 Å². The summed E-state index contributed by atoms with van der Waals surface area (Å²) in [6, 6.07) is 9.05. The monoisotopic (exact) mass is 268 g/mol. The molecule has 0 unspecified atom stereocenters. The van der Waals surface area contributed by atoms with Gasteiger partial charge in [-0.05, 0) is 31.2 Å². The molecule has 0 spiro atoms. The number of nitrogens with zero attached hydrogens (tertiary/aromatic N) is 3. The Morgan fingerprint density at radius 3 is 3.10 bits per heavy atom. The van der Waals surface area contributed by atoms with Crippen LogP contribution >= 0.6 is 0 Å². The van der Waals surface area contributed by atoms with Crippen molar-refractivity contribution in [1.82, 2.24) is 14.8 Å². The molecule has 0 fully saturated rings. The van der Waals surface area contributed by atoms with Gasteiger partial charge in [0.15, 0.2) is 0 Å². The highest BCUT2D eigenvalue weighted by Crippen LogP contribution is 2.11. The average Bonchev–Trinajstić information content (AvgIpc) is 3.04. The number of carbonyl (C=O) groups excluding carboxylic acids is 1. The van der Waals surface area contributed by atoms with Crippen LogP contribution in [-0.4, -0.2) is 21.5 Å². The SMILES string of the molecule is Cc1nc2ccccn2c1C(=O)N/N=C\c1ccco1. The van der Waals surface area contributed by atoms with E-state index in [4.69, 9.17) is 4.42 Å². The van der Waals surface area contributed by atoms with Crippen LogP contribution in [-0.2, 0) is 0 Å². The molecule has 6 heteroatoms. The molecule has 0 bridgehead atoms. The average molecular weight is 268 g/mol. The molecule has 3 aromatic rings. The van der Waals surface area contributed by atoms with E-state index in [0.717, 1.165) is 5.65 Å². The molecule has 0 saturated carbocycles. The number of hydrogen-bond donors (Lipinski definition) is 1. The van der Waals surface area contributed by atoms with Gasteiger partial charge in [0, 0.05) is 6.20 Å². The second kappa shape index (κ2) is 5.00. The Morgan fingerprint density at radius 1 is 1.40 bits per heavy atom. The first-order valence-electron chi connectivity index (χ1n) is 6.06. The minimum Gasteiger partial charge on any atom is -0.463 e. The van der Waals surface area contributed by atoms with Gasteiger partial charge in [-0.15, -0.1) is 0 Å². The second-order valence-corrected chi connectivity index (χ2v) is 4.19. The molecular formula is C14H12N4O2. The molecule has 0 aliphatic rings. The first-order chi connectivity index (χ1) is 9.75. The van der Waals surface area contributed by atoms with Crippen molar-refractivity contribution in [1.29, 1.82) is 0 Å². The minimum atomic E-state index is -0.316. The maximum absolute atomic E-state index is 12.2. The third kappa shape index (κ3) is 2.18. The van der Waals surface area contributed by atoms with Crippen LogP contribution in [0.3, 0.4) is 0 Å². The first-order valence-corrected chi connectivity index (χ1v) is 6.06. The summed E-state index contributed by atoms with van der Waals surface area (Å²) in [6.07, 6.45) is 4.77. The zero-order valence-electron chi connectivity index (χ0n) is 10.8. The molecule has 0 aromatic carbocycles. The Labute approximate surface area is 114 Å². The van der Waals surface area contributed by atoms with Gasteiger partial charge in [0.2, 0.25) is 0 Å². The molecule has 0 saturated heterocycles. The lowest BCUT2D eigenvalue weighted by atomic mass is 10.3. The van der Waals surface area contributed by atoms with Crippen molar-refractivity contribution in [2.75, 3.05) is 0 Å². The number of hydrazone groups is 1. The number of aryl methyl sites for hydroxylation is 1. The Kier molecular flexibility index (Phi) is 3.04. The molecule has 6 nitrogen and oxygen atoms in total. The lowest BCUT2D eigenvalue weighted by Gasteiger charge is -2.00. The minimum absolute atomic E-state index is 0.316. The molecule has 0 aliphatic heterocycles. The summed E-state index contributed by atoms with van der Waals surface area (Å²) in [5.41, 5.74) is 4.32. The highest BCUT2D eigenvalue weighted by molar-refractivity contribution is 5.95. The van der Waals surface area contributed by atoms with E-state index in [9.17, 15) is 4.79 Å². The number of imidazole rings is 1. The second-order valence-electron chi connectivity index (χ2n) is 4.19. The van der Waals surface area contributed by atoms with Gasteiger partial charge in [-0.25, -0.2) is 10.4 Å². The van der Waals surface area contributed by atoms with Crippen LogP contribution in [0.25, 0.3) is 5.65 Å². The molecule has 0 radical (unpaired) electrons. The molecule has 3 rings (SSSR count). The smallest absolute Gasteiger partial charge is 0.290 e. The summed E-state index contributed by atoms with van der Waals surface area (Å²) in [4.78, 5) is 16.5. The van der Waals surface area contributed by atoms with Crippen LogP contribution in [0.4, 0.5) is 0 Å². The van der Waals surface area contributed by atoms with Gasteiger partial charge in [-0.3, -0.25) is 9.20 Å². The van der Waals surface area contributed by atoms with Gasteiger partial charge < -0.3 is 4.42 Å². The van der Waals surface area contributed by atoms with E-state index in [0.29, 0.717) is 17.1 Å². The fourth-order valence-electron chi connectivity index (χ4n) is 1.96. The predicted octanol–water partition coefficient (Wildman–Crippen LogP) is 2.00.